The van der Waals surface area contributed by atoms with E-state index in [-0.39, 0.29) is 11.1 Å². The monoisotopic (exact) mass is 305 g/mol. The Morgan fingerprint density at radius 2 is 1.90 bits per heavy atom. The van der Waals surface area contributed by atoms with E-state index in [0.29, 0.717) is 17.5 Å². The van der Waals surface area contributed by atoms with Crippen molar-refractivity contribution >= 4 is 17.3 Å². The number of nitrogens with one attached hydrogen (secondary N) is 1. The predicted molar refractivity (Wildman–Crippen MR) is 76.0 cm³/mol. The molecule has 1 saturated carbocycles. The van der Waals surface area contributed by atoms with Crippen molar-refractivity contribution in [3.63, 3.8) is 0 Å². The minimum Gasteiger partial charge on any atom is -0.382 e. The lowest BCUT2D eigenvalue weighted by Crippen LogP contribution is -2.35. The minimum absolute atomic E-state index is 0.223. The molecule has 0 radical (unpaired) electrons. The van der Waals surface area contributed by atoms with Crippen LogP contribution in [0.15, 0.2) is 18.2 Å². The van der Waals surface area contributed by atoms with Crippen LogP contribution in [-0.2, 0) is 6.18 Å². The van der Waals surface area contributed by atoms with Crippen molar-refractivity contribution in [1.82, 2.24) is 0 Å². The second kappa shape index (κ2) is 5.84. The zero-order valence-corrected chi connectivity index (χ0v) is 12.4. The summed E-state index contributed by atoms with van der Waals surface area (Å²) < 4.78 is 38.5. The molecule has 20 heavy (non-hydrogen) atoms. The summed E-state index contributed by atoms with van der Waals surface area (Å²) in [5.41, 5.74) is -0.284. The van der Waals surface area contributed by atoms with Crippen LogP contribution < -0.4 is 5.32 Å². The van der Waals surface area contributed by atoms with E-state index >= 15 is 0 Å². The van der Waals surface area contributed by atoms with Crippen molar-refractivity contribution in [2.75, 3.05) is 5.32 Å². The van der Waals surface area contributed by atoms with Crippen molar-refractivity contribution in [3.05, 3.63) is 28.8 Å². The molecule has 1 fully saturated rings. The average molecular weight is 306 g/mol. The summed E-state index contributed by atoms with van der Waals surface area (Å²) in [5.74, 6) is 1.05. The highest BCUT2D eigenvalue weighted by Crippen LogP contribution is 2.37. The van der Waals surface area contributed by atoms with Gasteiger partial charge in [-0.1, -0.05) is 38.3 Å². The van der Waals surface area contributed by atoms with Gasteiger partial charge in [-0.3, -0.25) is 0 Å². The van der Waals surface area contributed by atoms with Crippen molar-refractivity contribution in [2.24, 2.45) is 11.8 Å². The Hall–Kier alpha value is -0.900. The lowest BCUT2D eigenvalue weighted by molar-refractivity contribution is -0.137. The van der Waals surface area contributed by atoms with Gasteiger partial charge in [0.05, 0.1) is 10.6 Å². The fourth-order valence-corrected chi connectivity index (χ4v) is 3.06. The predicted octanol–water partition coefficient (Wildman–Crippen LogP) is 5.60. The zero-order valence-electron chi connectivity index (χ0n) is 11.6. The van der Waals surface area contributed by atoms with Gasteiger partial charge in [-0.2, -0.15) is 13.2 Å². The van der Waals surface area contributed by atoms with Gasteiger partial charge >= 0.3 is 6.18 Å². The maximum absolute atomic E-state index is 12.8. The standard InChI is InChI=1S/C15H19ClF3N/c1-9-4-3-5-14(10(9)2)20-11-6-7-13(16)12(8-11)15(17,18)19/h6-10,14,20H,3-5H2,1-2H3. The molecule has 0 amide bonds. The molecule has 112 valence electrons. The SMILES string of the molecule is CC1CCCC(Nc2ccc(Cl)c(C(F)(F)F)c2)C1C. The molecule has 1 nitrogen and oxygen atoms in total. The van der Waals surface area contributed by atoms with Crippen LogP contribution in [-0.4, -0.2) is 6.04 Å². The van der Waals surface area contributed by atoms with E-state index in [1.807, 2.05) is 0 Å². The Morgan fingerprint density at radius 1 is 1.20 bits per heavy atom. The minimum atomic E-state index is -4.42. The van der Waals surface area contributed by atoms with Gasteiger partial charge in [0.2, 0.25) is 0 Å². The number of hydrogen-bond donors (Lipinski definition) is 1. The highest BCUT2D eigenvalue weighted by molar-refractivity contribution is 6.31. The van der Waals surface area contributed by atoms with Crippen LogP contribution in [0.5, 0.6) is 0 Å². The Morgan fingerprint density at radius 3 is 2.55 bits per heavy atom. The summed E-state index contributed by atoms with van der Waals surface area (Å²) in [5, 5.41) is 2.99. The smallest absolute Gasteiger partial charge is 0.382 e. The number of rotatable bonds is 2. The third kappa shape index (κ3) is 3.40. The second-order valence-electron chi connectivity index (χ2n) is 5.71. The third-order valence-electron chi connectivity index (χ3n) is 4.33. The van der Waals surface area contributed by atoms with Crippen LogP contribution in [0.2, 0.25) is 5.02 Å². The molecule has 0 heterocycles. The normalized spacial score (nSPS) is 27.4. The van der Waals surface area contributed by atoms with Crippen LogP contribution in [0.3, 0.4) is 0 Å². The van der Waals surface area contributed by atoms with Gasteiger partial charge < -0.3 is 5.32 Å². The van der Waals surface area contributed by atoms with E-state index in [4.69, 9.17) is 11.6 Å². The topological polar surface area (TPSA) is 12.0 Å². The Balaban J connectivity index is 2.18. The van der Waals surface area contributed by atoms with Crippen LogP contribution in [0.1, 0.15) is 38.7 Å². The molecule has 1 aliphatic carbocycles. The average Bonchev–Trinajstić information content (AvgIpc) is 2.36. The van der Waals surface area contributed by atoms with Crippen LogP contribution in [0.4, 0.5) is 18.9 Å². The lowest BCUT2D eigenvalue weighted by atomic mass is 9.78. The van der Waals surface area contributed by atoms with E-state index in [1.54, 1.807) is 6.07 Å². The summed E-state index contributed by atoms with van der Waals surface area (Å²) in [6.07, 6.45) is -1.12. The van der Waals surface area contributed by atoms with E-state index in [9.17, 15) is 13.2 Å². The van der Waals surface area contributed by atoms with Gasteiger partial charge in [-0.25, -0.2) is 0 Å². The highest BCUT2D eigenvalue weighted by Gasteiger charge is 2.34. The molecule has 0 aromatic heterocycles. The van der Waals surface area contributed by atoms with Gasteiger partial charge in [0, 0.05) is 11.7 Å². The molecule has 1 aliphatic rings. The lowest BCUT2D eigenvalue weighted by Gasteiger charge is -2.35. The molecule has 5 heteroatoms. The van der Waals surface area contributed by atoms with Crippen LogP contribution in [0, 0.1) is 11.8 Å². The number of anilines is 1. The first kappa shape index (κ1) is 15.5. The van der Waals surface area contributed by atoms with Crippen molar-refractivity contribution in [2.45, 2.75) is 45.3 Å². The summed E-state index contributed by atoms with van der Waals surface area (Å²) >= 11 is 5.63. The first-order chi connectivity index (χ1) is 9.29. The number of hydrogen-bond acceptors (Lipinski definition) is 1. The quantitative estimate of drug-likeness (QED) is 0.750. The first-order valence-electron chi connectivity index (χ1n) is 6.92. The van der Waals surface area contributed by atoms with Gasteiger partial charge in [0.15, 0.2) is 0 Å². The second-order valence-corrected chi connectivity index (χ2v) is 6.12. The Labute approximate surface area is 122 Å². The zero-order chi connectivity index (χ0) is 14.9. The van der Waals surface area contributed by atoms with Gasteiger partial charge in [-0.05, 0) is 36.5 Å². The summed E-state index contributed by atoms with van der Waals surface area (Å²) in [4.78, 5) is 0. The van der Waals surface area contributed by atoms with E-state index < -0.39 is 11.7 Å². The number of halogens is 4. The molecule has 3 atom stereocenters. The molecular formula is C15H19ClF3N. The van der Waals surface area contributed by atoms with Crippen LogP contribution in [0.25, 0.3) is 0 Å². The molecule has 0 bridgehead atoms. The van der Waals surface area contributed by atoms with Crippen molar-refractivity contribution < 1.29 is 13.2 Å². The molecule has 0 aliphatic heterocycles. The highest BCUT2D eigenvalue weighted by atomic mass is 35.5. The maximum Gasteiger partial charge on any atom is 0.417 e. The molecule has 1 aromatic rings. The fourth-order valence-electron chi connectivity index (χ4n) is 2.83. The maximum atomic E-state index is 12.8. The van der Waals surface area contributed by atoms with Crippen LogP contribution >= 0.6 is 11.6 Å². The molecule has 3 unspecified atom stereocenters. The largest absolute Gasteiger partial charge is 0.417 e. The summed E-state index contributed by atoms with van der Waals surface area (Å²) in [6, 6.07) is 4.25. The van der Waals surface area contributed by atoms with Crippen molar-refractivity contribution in [3.8, 4) is 0 Å². The molecule has 1 aromatic carbocycles. The number of benzene rings is 1. The fraction of sp³-hybridized carbons (Fsp3) is 0.600. The van der Waals surface area contributed by atoms with E-state index in [0.717, 1.165) is 18.9 Å². The Kier molecular flexibility index (Phi) is 4.52. The number of alkyl halides is 3. The van der Waals surface area contributed by atoms with Gasteiger partial charge in [0.25, 0.3) is 0 Å². The summed E-state index contributed by atoms with van der Waals surface area (Å²) in [7, 11) is 0. The van der Waals surface area contributed by atoms with E-state index in [1.165, 1.54) is 12.5 Å². The van der Waals surface area contributed by atoms with Gasteiger partial charge in [-0.15, -0.1) is 0 Å². The molecule has 0 spiro atoms. The summed E-state index contributed by atoms with van der Waals surface area (Å²) in [6.45, 7) is 4.35. The Bertz CT molecular complexity index is 473. The first-order valence-corrected chi connectivity index (χ1v) is 7.30. The molecule has 1 N–H and O–H groups in total. The van der Waals surface area contributed by atoms with Crippen molar-refractivity contribution in [1.29, 1.82) is 0 Å². The molecule has 2 rings (SSSR count). The van der Waals surface area contributed by atoms with E-state index in [2.05, 4.69) is 19.2 Å². The molecular weight excluding hydrogens is 287 g/mol. The molecule has 0 saturated heterocycles. The third-order valence-corrected chi connectivity index (χ3v) is 4.66. The van der Waals surface area contributed by atoms with Gasteiger partial charge in [0.1, 0.15) is 0 Å².